The van der Waals surface area contributed by atoms with E-state index in [4.69, 9.17) is 0 Å². The molecule has 1 fully saturated rings. The van der Waals surface area contributed by atoms with Gasteiger partial charge in [-0.05, 0) is 12.8 Å². The molecule has 0 spiro atoms. The molecule has 3 N–H and O–H groups in total. The number of amides is 3. The molecule has 6 nitrogen and oxygen atoms in total. The van der Waals surface area contributed by atoms with Crippen molar-refractivity contribution in [3.63, 3.8) is 0 Å². The molecule has 0 aromatic heterocycles. The highest BCUT2D eigenvalue weighted by Gasteiger charge is 2.22. The average Bonchev–Trinajstić information content (AvgIpc) is 2.64. The van der Waals surface area contributed by atoms with E-state index in [9.17, 15) is 14.7 Å². The van der Waals surface area contributed by atoms with Crippen LogP contribution in [-0.2, 0) is 4.79 Å². The van der Waals surface area contributed by atoms with Crippen LogP contribution in [0, 0.1) is 0 Å². The van der Waals surface area contributed by atoms with Crippen molar-refractivity contribution in [3.8, 4) is 0 Å². The summed E-state index contributed by atoms with van der Waals surface area (Å²) in [6.45, 7) is 3.98. The zero-order valence-electron chi connectivity index (χ0n) is 10.2. The van der Waals surface area contributed by atoms with Gasteiger partial charge in [0.15, 0.2) is 0 Å². The van der Waals surface area contributed by atoms with Crippen LogP contribution in [0.1, 0.15) is 26.2 Å². The summed E-state index contributed by atoms with van der Waals surface area (Å²) in [4.78, 5) is 24.5. The van der Waals surface area contributed by atoms with Gasteiger partial charge in [0.05, 0.1) is 12.6 Å². The van der Waals surface area contributed by atoms with Crippen molar-refractivity contribution in [1.82, 2.24) is 15.5 Å². The Labute approximate surface area is 101 Å². The largest absolute Gasteiger partial charge is 0.392 e. The normalized spacial score (nSPS) is 20.2. The van der Waals surface area contributed by atoms with Gasteiger partial charge in [0.1, 0.15) is 0 Å². The van der Waals surface area contributed by atoms with Crippen LogP contribution in [0.4, 0.5) is 4.79 Å². The Balaban J connectivity index is 2.13. The molecule has 1 saturated heterocycles. The number of imide groups is 1. The van der Waals surface area contributed by atoms with Gasteiger partial charge in [0.2, 0.25) is 5.91 Å². The van der Waals surface area contributed by atoms with Gasteiger partial charge in [0, 0.05) is 19.6 Å². The number of aliphatic hydroxyl groups excluding tert-OH is 1. The molecule has 3 amide bonds. The molecule has 0 aromatic carbocycles. The molecule has 17 heavy (non-hydrogen) atoms. The maximum atomic E-state index is 11.5. The lowest BCUT2D eigenvalue weighted by Gasteiger charge is -2.14. The van der Waals surface area contributed by atoms with E-state index in [-0.39, 0.29) is 18.6 Å². The van der Waals surface area contributed by atoms with E-state index in [0.29, 0.717) is 26.1 Å². The first-order valence-corrected chi connectivity index (χ1v) is 6.10. The first kappa shape index (κ1) is 13.9. The number of carbonyl (C=O) groups excluding carboxylic acids is 2. The molecule has 6 heteroatoms. The Hall–Kier alpha value is -1.14. The van der Waals surface area contributed by atoms with Crippen LogP contribution in [0.15, 0.2) is 0 Å². The third-order valence-corrected chi connectivity index (χ3v) is 2.68. The molecular weight excluding hydrogens is 222 g/mol. The van der Waals surface area contributed by atoms with Crippen LogP contribution >= 0.6 is 0 Å². The first-order valence-electron chi connectivity index (χ1n) is 6.10. The molecule has 1 heterocycles. The van der Waals surface area contributed by atoms with E-state index in [1.807, 2.05) is 11.8 Å². The van der Waals surface area contributed by atoms with Gasteiger partial charge in [-0.15, -0.1) is 0 Å². The van der Waals surface area contributed by atoms with Gasteiger partial charge in [0.25, 0.3) is 0 Å². The average molecular weight is 243 g/mol. The number of likely N-dealkylation sites (tertiary alicyclic amines) is 1. The summed E-state index contributed by atoms with van der Waals surface area (Å²) in [6, 6.07) is -0.441. The minimum Gasteiger partial charge on any atom is -0.392 e. The van der Waals surface area contributed by atoms with Crippen molar-refractivity contribution < 1.29 is 14.7 Å². The third kappa shape index (κ3) is 5.65. The van der Waals surface area contributed by atoms with Gasteiger partial charge in [-0.2, -0.15) is 0 Å². The number of nitrogens with one attached hydrogen (secondary N) is 2. The molecule has 98 valence electrons. The molecule has 1 aliphatic rings. The summed E-state index contributed by atoms with van der Waals surface area (Å²) in [7, 11) is 0. The van der Waals surface area contributed by atoms with Crippen LogP contribution in [0.2, 0.25) is 0 Å². The first-order chi connectivity index (χ1) is 8.11. The number of hydrogen-bond acceptors (Lipinski definition) is 4. The minimum absolute atomic E-state index is 0.165. The lowest BCUT2D eigenvalue weighted by atomic mass is 10.3. The molecule has 0 bridgehead atoms. The van der Waals surface area contributed by atoms with Crippen molar-refractivity contribution in [2.75, 3.05) is 26.2 Å². The van der Waals surface area contributed by atoms with Gasteiger partial charge in [-0.25, -0.2) is 4.79 Å². The van der Waals surface area contributed by atoms with E-state index in [1.54, 1.807) is 0 Å². The van der Waals surface area contributed by atoms with Crippen LogP contribution in [-0.4, -0.2) is 54.2 Å². The summed E-state index contributed by atoms with van der Waals surface area (Å²) in [5, 5.41) is 14.2. The number of urea groups is 1. The Morgan fingerprint density at radius 1 is 1.47 bits per heavy atom. The second kappa shape index (κ2) is 7.24. The molecule has 0 aromatic rings. The van der Waals surface area contributed by atoms with Gasteiger partial charge in [-0.3, -0.25) is 15.0 Å². The minimum atomic E-state index is -0.441. The molecule has 0 aliphatic carbocycles. The summed E-state index contributed by atoms with van der Waals surface area (Å²) < 4.78 is 0. The van der Waals surface area contributed by atoms with Crippen molar-refractivity contribution in [3.05, 3.63) is 0 Å². The van der Waals surface area contributed by atoms with Crippen LogP contribution in [0.25, 0.3) is 0 Å². The summed E-state index contributed by atoms with van der Waals surface area (Å²) >= 11 is 0. The van der Waals surface area contributed by atoms with E-state index < -0.39 is 6.03 Å². The van der Waals surface area contributed by atoms with Crippen LogP contribution < -0.4 is 10.6 Å². The highest BCUT2D eigenvalue weighted by Crippen LogP contribution is 2.07. The zero-order chi connectivity index (χ0) is 12.7. The number of β-amino-alcohol motifs (C(OH)–C–C–N with tert-alkyl or cyclic N) is 1. The highest BCUT2D eigenvalue weighted by atomic mass is 16.3. The Kier molecular flexibility index (Phi) is 5.93. The molecule has 0 radical (unpaired) electrons. The number of rotatable bonds is 5. The number of carbonyl (C=O) groups is 2. The van der Waals surface area contributed by atoms with Crippen molar-refractivity contribution in [2.24, 2.45) is 0 Å². The molecule has 1 atom stereocenters. The maximum absolute atomic E-state index is 11.5. The highest BCUT2D eigenvalue weighted by molar-refractivity contribution is 5.95. The van der Waals surface area contributed by atoms with Crippen molar-refractivity contribution >= 4 is 11.9 Å². The Bertz CT molecular complexity index is 271. The maximum Gasteiger partial charge on any atom is 0.321 e. The molecule has 1 unspecified atom stereocenters. The van der Waals surface area contributed by atoms with Crippen molar-refractivity contribution in [1.29, 1.82) is 0 Å². The number of aliphatic hydroxyl groups is 1. The van der Waals surface area contributed by atoms with Crippen molar-refractivity contribution in [2.45, 2.75) is 32.3 Å². The summed E-state index contributed by atoms with van der Waals surface area (Å²) in [5.74, 6) is -0.326. The molecule has 1 aliphatic heterocycles. The SMILES string of the molecule is CCCCNC(=O)NC(=O)CN1CCC(O)C1. The second-order valence-electron chi connectivity index (χ2n) is 4.34. The smallest absolute Gasteiger partial charge is 0.321 e. The standard InChI is InChI=1S/C11H21N3O3/c1-2-3-5-12-11(17)13-10(16)8-14-6-4-9(15)7-14/h9,15H,2-8H2,1H3,(H2,12,13,16,17). The fraction of sp³-hybridized carbons (Fsp3) is 0.818. The predicted molar refractivity (Wildman–Crippen MR) is 63.5 cm³/mol. The van der Waals surface area contributed by atoms with Gasteiger partial charge >= 0.3 is 6.03 Å². The summed E-state index contributed by atoms with van der Waals surface area (Å²) in [5.41, 5.74) is 0. The number of hydrogen-bond donors (Lipinski definition) is 3. The van der Waals surface area contributed by atoms with E-state index in [2.05, 4.69) is 10.6 Å². The van der Waals surface area contributed by atoms with E-state index in [0.717, 1.165) is 12.8 Å². The molecule has 1 rings (SSSR count). The summed E-state index contributed by atoms with van der Waals surface area (Å²) in [6.07, 6.45) is 2.25. The van der Waals surface area contributed by atoms with E-state index in [1.165, 1.54) is 0 Å². The van der Waals surface area contributed by atoms with E-state index >= 15 is 0 Å². The Morgan fingerprint density at radius 3 is 2.82 bits per heavy atom. The van der Waals surface area contributed by atoms with Crippen LogP contribution in [0.5, 0.6) is 0 Å². The third-order valence-electron chi connectivity index (χ3n) is 2.68. The topological polar surface area (TPSA) is 81.7 Å². The number of nitrogens with zero attached hydrogens (tertiary/aromatic N) is 1. The monoisotopic (exact) mass is 243 g/mol. The predicted octanol–water partition coefficient (Wildman–Crippen LogP) is -0.321. The lowest BCUT2D eigenvalue weighted by molar-refractivity contribution is -0.121. The Morgan fingerprint density at radius 2 is 2.24 bits per heavy atom. The fourth-order valence-corrected chi connectivity index (χ4v) is 1.75. The zero-order valence-corrected chi connectivity index (χ0v) is 10.2. The fourth-order valence-electron chi connectivity index (χ4n) is 1.75. The lowest BCUT2D eigenvalue weighted by Crippen LogP contribution is -2.44. The molecular formula is C11H21N3O3. The molecule has 0 saturated carbocycles. The van der Waals surface area contributed by atoms with Gasteiger partial charge < -0.3 is 10.4 Å². The number of unbranched alkanes of at least 4 members (excludes halogenated alkanes) is 1. The second-order valence-corrected chi connectivity index (χ2v) is 4.34. The quantitative estimate of drug-likeness (QED) is 0.578. The van der Waals surface area contributed by atoms with Crippen LogP contribution in [0.3, 0.4) is 0 Å². The van der Waals surface area contributed by atoms with Gasteiger partial charge in [-0.1, -0.05) is 13.3 Å².